The van der Waals surface area contributed by atoms with E-state index in [4.69, 9.17) is 0 Å². The van der Waals surface area contributed by atoms with E-state index in [-0.39, 0.29) is 16.9 Å². The van der Waals surface area contributed by atoms with Gasteiger partial charge in [0.1, 0.15) is 0 Å². The lowest BCUT2D eigenvalue weighted by Crippen LogP contribution is -2.28. The van der Waals surface area contributed by atoms with E-state index in [9.17, 15) is 5.11 Å². The Hall–Kier alpha value is -2.90. The van der Waals surface area contributed by atoms with Gasteiger partial charge < -0.3 is 5.11 Å². The summed E-state index contributed by atoms with van der Waals surface area (Å²) in [5, 5.41) is 10.1. The molecule has 0 fully saturated rings. The van der Waals surface area contributed by atoms with Gasteiger partial charge in [0.25, 0.3) is 0 Å². The maximum absolute atomic E-state index is 10.1. The number of allylic oxidation sites excluding steroid dienone is 21. The van der Waals surface area contributed by atoms with E-state index >= 15 is 0 Å². The minimum absolute atomic E-state index is 0.0128. The summed E-state index contributed by atoms with van der Waals surface area (Å²) in [7, 11) is 0. The summed E-state index contributed by atoms with van der Waals surface area (Å²) in [5.74, 6) is 0. The lowest BCUT2D eigenvalue weighted by atomic mass is 9.71. The molecule has 0 bridgehead atoms. The van der Waals surface area contributed by atoms with E-state index in [0.717, 1.165) is 12.8 Å². The monoisotopic (exact) mass is 552 g/mol. The van der Waals surface area contributed by atoms with Crippen LogP contribution in [0.4, 0.5) is 0 Å². The lowest BCUT2D eigenvalue weighted by Gasteiger charge is -2.35. The Morgan fingerprint density at radius 2 is 1.07 bits per heavy atom. The minimum Gasteiger partial charge on any atom is -0.393 e. The first-order chi connectivity index (χ1) is 19.2. The van der Waals surface area contributed by atoms with Gasteiger partial charge in [0.2, 0.25) is 0 Å². The first kappa shape index (κ1) is 34.3. The van der Waals surface area contributed by atoms with Gasteiger partial charge in [0.05, 0.1) is 6.10 Å². The Kier molecular flexibility index (Phi) is 13.3. The summed E-state index contributed by atoms with van der Waals surface area (Å²) in [6.07, 6.45) is 35.5. The Labute approximate surface area is 252 Å². The predicted octanol–water partition coefficient (Wildman–Crippen LogP) is 11.6. The second-order valence-corrected chi connectivity index (χ2v) is 13.5. The molecule has 2 aliphatic rings. The summed E-state index contributed by atoms with van der Waals surface area (Å²) in [6.45, 7) is 22.2. The smallest absolute Gasteiger partial charge is 0.0585 e. The van der Waals surface area contributed by atoms with Gasteiger partial charge >= 0.3 is 0 Å². The number of hydrogen-bond acceptors (Lipinski definition) is 1. The van der Waals surface area contributed by atoms with Crippen molar-refractivity contribution in [2.75, 3.05) is 0 Å². The lowest BCUT2D eigenvalue weighted by molar-refractivity contribution is 0.116. The van der Waals surface area contributed by atoms with Crippen molar-refractivity contribution in [2.45, 2.75) is 107 Å². The molecule has 2 aliphatic carbocycles. The summed E-state index contributed by atoms with van der Waals surface area (Å²) in [4.78, 5) is 0. The van der Waals surface area contributed by atoms with Crippen molar-refractivity contribution in [1.29, 1.82) is 0 Å². The van der Waals surface area contributed by atoms with Crippen molar-refractivity contribution in [3.63, 3.8) is 0 Å². The van der Waals surface area contributed by atoms with Crippen LogP contribution >= 0.6 is 0 Å². The second kappa shape index (κ2) is 15.9. The average molecular weight is 553 g/mol. The summed E-state index contributed by atoms with van der Waals surface area (Å²) in [5.41, 5.74) is 10.9. The van der Waals surface area contributed by atoms with Crippen molar-refractivity contribution < 1.29 is 5.11 Å². The molecule has 0 aromatic heterocycles. The van der Waals surface area contributed by atoms with Crippen LogP contribution in [0, 0.1) is 10.8 Å². The molecule has 1 N–H and O–H groups in total. The minimum atomic E-state index is -0.220. The highest BCUT2D eigenvalue weighted by molar-refractivity contribution is 5.39. The molecule has 0 saturated heterocycles. The largest absolute Gasteiger partial charge is 0.393 e. The topological polar surface area (TPSA) is 20.2 Å². The molecule has 1 nitrogen and oxygen atoms in total. The third kappa shape index (κ3) is 11.9. The highest BCUT2D eigenvalue weighted by Gasteiger charge is 2.31. The van der Waals surface area contributed by atoms with Crippen molar-refractivity contribution in [3.8, 4) is 0 Å². The van der Waals surface area contributed by atoms with Crippen LogP contribution in [0.2, 0.25) is 0 Å². The molecule has 222 valence electrons. The standard InChI is InChI=1S/C40H56O/c1-30(18-13-20-32(3)23-25-37-34(5)22-15-27-39(37,7)8)16-11-12-17-31(2)19-14-21-33(4)24-26-38-35(6)28-36(41)29-40(38,9)10/h11-14,16-21,23-26,36,41H,15,22,27-29H2,1-10H3/b12-11+,18-13+,19-14+,25-23-,26-24+,30-16+,31-17+,32-20+,33-21+/t36-/m1/s1. The van der Waals surface area contributed by atoms with Gasteiger partial charge in [-0.2, -0.15) is 0 Å². The van der Waals surface area contributed by atoms with Crippen molar-refractivity contribution in [1.82, 2.24) is 0 Å². The van der Waals surface area contributed by atoms with E-state index in [1.807, 2.05) is 0 Å². The zero-order valence-electron chi connectivity index (χ0n) is 27.6. The molecule has 0 saturated carbocycles. The SMILES string of the molecule is CC1=C(\C=C/C(C)=C/C=C/C(C)=C/C=C/C=C(C)/C=C/C=C(C)/C=C/C2=C(C)C[C@@H](O)CC2(C)C)C(C)(C)CCC1. The number of aliphatic hydroxyl groups excluding tert-OH is 1. The molecule has 0 amide bonds. The molecule has 1 heteroatoms. The molecule has 1 atom stereocenters. The van der Waals surface area contributed by atoms with Crippen LogP contribution in [0.5, 0.6) is 0 Å². The van der Waals surface area contributed by atoms with E-state index in [1.165, 1.54) is 58.3 Å². The van der Waals surface area contributed by atoms with E-state index < -0.39 is 0 Å². The first-order valence-electron chi connectivity index (χ1n) is 15.4. The number of hydrogen-bond donors (Lipinski definition) is 1. The fraction of sp³-hybridized carbons (Fsp3) is 0.450. The van der Waals surface area contributed by atoms with Crippen LogP contribution in [0.3, 0.4) is 0 Å². The van der Waals surface area contributed by atoms with Crippen LogP contribution < -0.4 is 0 Å². The molecule has 0 heterocycles. The Balaban J connectivity index is 1.90. The van der Waals surface area contributed by atoms with Gasteiger partial charge in [-0.3, -0.25) is 0 Å². The zero-order chi connectivity index (χ0) is 30.6. The molecule has 0 radical (unpaired) electrons. The van der Waals surface area contributed by atoms with Crippen LogP contribution in [-0.4, -0.2) is 11.2 Å². The van der Waals surface area contributed by atoms with Crippen LogP contribution in [0.25, 0.3) is 0 Å². The van der Waals surface area contributed by atoms with Crippen molar-refractivity contribution in [3.05, 3.63) is 130 Å². The molecule has 0 aliphatic heterocycles. The molecular weight excluding hydrogens is 496 g/mol. The molecular formula is C40H56O. The normalized spacial score (nSPS) is 23.5. The zero-order valence-corrected chi connectivity index (χ0v) is 27.6. The van der Waals surface area contributed by atoms with Crippen LogP contribution in [0.15, 0.2) is 130 Å². The Morgan fingerprint density at radius 3 is 1.54 bits per heavy atom. The van der Waals surface area contributed by atoms with Crippen molar-refractivity contribution in [2.24, 2.45) is 10.8 Å². The highest BCUT2D eigenvalue weighted by Crippen LogP contribution is 2.42. The summed E-state index contributed by atoms with van der Waals surface area (Å²) < 4.78 is 0. The van der Waals surface area contributed by atoms with Crippen LogP contribution in [0.1, 0.15) is 101 Å². The van der Waals surface area contributed by atoms with Crippen molar-refractivity contribution >= 4 is 0 Å². The maximum Gasteiger partial charge on any atom is 0.0585 e. The quantitative estimate of drug-likeness (QED) is 0.267. The maximum atomic E-state index is 10.1. The Bertz CT molecular complexity index is 1250. The van der Waals surface area contributed by atoms with Gasteiger partial charge in [-0.1, -0.05) is 146 Å². The summed E-state index contributed by atoms with van der Waals surface area (Å²) >= 11 is 0. The van der Waals surface area contributed by atoms with Gasteiger partial charge in [-0.25, -0.2) is 0 Å². The molecule has 0 aromatic rings. The third-order valence-electron chi connectivity index (χ3n) is 8.31. The summed E-state index contributed by atoms with van der Waals surface area (Å²) in [6, 6.07) is 0. The van der Waals surface area contributed by atoms with Gasteiger partial charge in [-0.05, 0) is 95.6 Å². The third-order valence-corrected chi connectivity index (χ3v) is 8.31. The van der Waals surface area contributed by atoms with E-state index in [0.29, 0.717) is 0 Å². The van der Waals surface area contributed by atoms with Gasteiger partial charge in [0, 0.05) is 0 Å². The number of aliphatic hydroxyl groups is 1. The van der Waals surface area contributed by atoms with Gasteiger partial charge in [-0.15, -0.1) is 0 Å². The average Bonchev–Trinajstić information content (AvgIpc) is 2.84. The molecule has 2 rings (SSSR count). The second-order valence-electron chi connectivity index (χ2n) is 13.5. The van der Waals surface area contributed by atoms with Gasteiger partial charge in [0.15, 0.2) is 0 Å². The van der Waals surface area contributed by atoms with E-state index in [2.05, 4.69) is 154 Å². The van der Waals surface area contributed by atoms with E-state index in [1.54, 1.807) is 5.57 Å². The highest BCUT2D eigenvalue weighted by atomic mass is 16.3. The Morgan fingerprint density at radius 1 is 0.634 bits per heavy atom. The predicted molar refractivity (Wildman–Crippen MR) is 183 cm³/mol. The van der Waals surface area contributed by atoms with Crippen LogP contribution in [-0.2, 0) is 0 Å². The first-order valence-corrected chi connectivity index (χ1v) is 15.4. The molecule has 0 spiro atoms. The molecule has 0 aromatic carbocycles. The fourth-order valence-corrected chi connectivity index (χ4v) is 5.96. The number of rotatable bonds is 10. The fourth-order valence-electron chi connectivity index (χ4n) is 5.96. The molecule has 41 heavy (non-hydrogen) atoms. The molecule has 0 unspecified atom stereocenters.